The second kappa shape index (κ2) is 9.40. The highest BCUT2D eigenvalue weighted by Gasteiger charge is 2.31. The third-order valence-corrected chi connectivity index (χ3v) is 6.29. The van der Waals surface area contributed by atoms with Crippen LogP contribution in [0.4, 0.5) is 17.1 Å². The van der Waals surface area contributed by atoms with Gasteiger partial charge in [-0.15, -0.1) is 0 Å². The summed E-state index contributed by atoms with van der Waals surface area (Å²) in [7, 11) is -4.31. The second-order valence-electron chi connectivity index (χ2n) is 6.76. The van der Waals surface area contributed by atoms with Crippen LogP contribution < -0.4 is 9.62 Å². The number of hydrogen-bond acceptors (Lipinski definition) is 6. The van der Waals surface area contributed by atoms with Crippen molar-refractivity contribution in [2.45, 2.75) is 11.8 Å². The smallest absolute Gasteiger partial charge is 0.293 e. The zero-order chi connectivity index (χ0) is 23.3. The van der Waals surface area contributed by atoms with Crippen molar-refractivity contribution in [1.82, 2.24) is 0 Å². The van der Waals surface area contributed by atoms with Crippen molar-refractivity contribution in [2.24, 2.45) is 0 Å². The molecular weight excluding hydrogens is 434 g/mol. The van der Waals surface area contributed by atoms with Crippen LogP contribution in [0.15, 0.2) is 83.8 Å². The fourth-order valence-electron chi connectivity index (χ4n) is 3.00. The van der Waals surface area contributed by atoms with Gasteiger partial charge in [0.25, 0.3) is 15.7 Å². The first-order chi connectivity index (χ1) is 15.2. The number of nitrogens with one attached hydrogen (secondary N) is 1. The summed E-state index contributed by atoms with van der Waals surface area (Å²) >= 11 is 0. The van der Waals surface area contributed by atoms with Gasteiger partial charge >= 0.3 is 0 Å². The Morgan fingerprint density at radius 2 is 1.62 bits per heavy atom. The van der Waals surface area contributed by atoms with Crippen molar-refractivity contribution in [3.05, 3.63) is 94.5 Å². The fraction of sp³-hybridized carbons (Fsp3) is 0.0909. The van der Waals surface area contributed by atoms with E-state index in [4.69, 9.17) is 0 Å². The number of ketones is 1. The maximum atomic E-state index is 13.3. The summed E-state index contributed by atoms with van der Waals surface area (Å²) < 4.78 is 27.3. The normalized spacial score (nSPS) is 10.9. The van der Waals surface area contributed by atoms with Crippen LogP contribution in [-0.2, 0) is 14.8 Å². The number of sulfonamides is 1. The molecule has 0 bridgehead atoms. The summed E-state index contributed by atoms with van der Waals surface area (Å²) in [4.78, 5) is 35.0. The Balaban J connectivity index is 2.00. The number of Topliss-reactive ketones (excluding diaryl/α,β-unsaturated/α-hetero) is 1. The highest BCUT2D eigenvalue weighted by atomic mass is 32.2. The van der Waals surface area contributed by atoms with Gasteiger partial charge in [0.05, 0.1) is 9.82 Å². The fourth-order valence-corrected chi connectivity index (χ4v) is 4.45. The van der Waals surface area contributed by atoms with Crippen LogP contribution in [0.5, 0.6) is 0 Å². The number of para-hydroxylation sites is 2. The number of nitro groups is 1. The number of nitrogens with zero attached hydrogens (tertiary/aromatic N) is 2. The zero-order valence-electron chi connectivity index (χ0n) is 17.0. The molecular formula is C22H19N3O6S. The summed E-state index contributed by atoms with van der Waals surface area (Å²) in [6.07, 6.45) is 0. The molecule has 0 aliphatic heterocycles. The molecule has 0 fully saturated rings. The Morgan fingerprint density at radius 3 is 2.28 bits per heavy atom. The summed E-state index contributed by atoms with van der Waals surface area (Å²) in [5.74, 6) is -0.933. The predicted octanol–water partition coefficient (Wildman–Crippen LogP) is 3.63. The average molecular weight is 453 g/mol. The molecule has 0 aliphatic rings. The van der Waals surface area contributed by atoms with Crippen molar-refractivity contribution in [2.75, 3.05) is 16.2 Å². The summed E-state index contributed by atoms with van der Waals surface area (Å²) in [6.45, 7) is 0.663. The lowest BCUT2D eigenvalue weighted by molar-refractivity contribution is -0.384. The molecule has 0 aromatic heterocycles. The third-order valence-electron chi connectivity index (χ3n) is 4.52. The standard InChI is InChI=1S/C22H19N3O6S/c1-16(26)17-8-7-9-18(14-17)23-22(27)15-24(20-12-5-6-13-21(20)25(28)29)32(30,31)19-10-3-2-4-11-19/h2-14H,15H2,1H3,(H,23,27). The highest BCUT2D eigenvalue weighted by Crippen LogP contribution is 2.32. The first kappa shape index (κ1) is 22.6. The van der Waals surface area contributed by atoms with Gasteiger partial charge in [-0.1, -0.05) is 42.5 Å². The molecule has 0 saturated carbocycles. The van der Waals surface area contributed by atoms with Crippen LogP contribution in [0, 0.1) is 10.1 Å². The van der Waals surface area contributed by atoms with E-state index in [-0.39, 0.29) is 16.4 Å². The van der Waals surface area contributed by atoms with E-state index in [0.29, 0.717) is 15.6 Å². The molecule has 0 radical (unpaired) electrons. The van der Waals surface area contributed by atoms with Gasteiger partial charge in [-0.2, -0.15) is 0 Å². The number of hydrogen-bond donors (Lipinski definition) is 1. The first-order valence-corrected chi connectivity index (χ1v) is 10.9. The van der Waals surface area contributed by atoms with E-state index in [1.165, 1.54) is 55.5 Å². The Kier molecular flexibility index (Phi) is 6.64. The molecule has 10 heteroatoms. The monoisotopic (exact) mass is 453 g/mol. The quantitative estimate of drug-likeness (QED) is 0.315. The van der Waals surface area contributed by atoms with Crippen LogP contribution in [0.3, 0.4) is 0 Å². The lowest BCUT2D eigenvalue weighted by atomic mass is 10.1. The Morgan fingerprint density at radius 1 is 0.969 bits per heavy atom. The summed E-state index contributed by atoms with van der Waals surface area (Å²) in [6, 6.07) is 18.8. The number of rotatable bonds is 8. The minimum atomic E-state index is -4.31. The molecule has 32 heavy (non-hydrogen) atoms. The largest absolute Gasteiger partial charge is 0.324 e. The van der Waals surface area contributed by atoms with Gasteiger partial charge in [-0.05, 0) is 37.3 Å². The lowest BCUT2D eigenvalue weighted by Gasteiger charge is -2.23. The van der Waals surface area contributed by atoms with Crippen LogP contribution >= 0.6 is 0 Å². The van der Waals surface area contributed by atoms with Gasteiger partial charge in [0, 0.05) is 17.3 Å². The van der Waals surface area contributed by atoms with Crippen LogP contribution in [-0.4, -0.2) is 31.6 Å². The minimum Gasteiger partial charge on any atom is -0.324 e. The number of nitro benzene ring substituents is 1. The van der Waals surface area contributed by atoms with E-state index in [1.54, 1.807) is 24.3 Å². The molecule has 0 aliphatic carbocycles. The van der Waals surface area contributed by atoms with Crippen molar-refractivity contribution >= 4 is 38.8 Å². The molecule has 3 aromatic carbocycles. The summed E-state index contributed by atoms with van der Waals surface area (Å²) in [5.41, 5.74) is -0.0371. The molecule has 0 atom stereocenters. The van der Waals surface area contributed by atoms with Crippen LogP contribution in [0.25, 0.3) is 0 Å². The molecule has 0 saturated heterocycles. The second-order valence-corrected chi connectivity index (χ2v) is 8.62. The number of anilines is 2. The van der Waals surface area contributed by atoms with Crippen molar-refractivity contribution < 1.29 is 22.9 Å². The van der Waals surface area contributed by atoms with Crippen LogP contribution in [0.1, 0.15) is 17.3 Å². The molecule has 1 N–H and O–H groups in total. The molecule has 1 amide bonds. The third kappa shape index (κ3) is 4.98. The van der Waals surface area contributed by atoms with Gasteiger partial charge in [-0.25, -0.2) is 12.7 Å². The molecule has 3 rings (SSSR count). The van der Waals surface area contributed by atoms with E-state index >= 15 is 0 Å². The maximum absolute atomic E-state index is 13.3. The van der Waals surface area contributed by atoms with E-state index in [0.717, 1.165) is 6.07 Å². The molecule has 3 aromatic rings. The SMILES string of the molecule is CC(=O)c1cccc(NC(=O)CN(c2ccccc2[N+](=O)[O-])S(=O)(=O)c2ccccc2)c1. The maximum Gasteiger partial charge on any atom is 0.293 e. The summed E-state index contributed by atoms with van der Waals surface area (Å²) in [5, 5.41) is 14.1. The topological polar surface area (TPSA) is 127 Å². The first-order valence-electron chi connectivity index (χ1n) is 9.42. The van der Waals surface area contributed by atoms with E-state index in [9.17, 15) is 28.1 Å². The molecule has 0 unspecified atom stereocenters. The predicted molar refractivity (Wildman–Crippen MR) is 119 cm³/mol. The van der Waals surface area contributed by atoms with Crippen LogP contribution in [0.2, 0.25) is 0 Å². The Labute approximate surface area is 184 Å². The Bertz CT molecular complexity index is 1280. The van der Waals surface area contributed by atoms with Gasteiger partial charge < -0.3 is 5.32 Å². The molecule has 164 valence electrons. The van der Waals surface area contributed by atoms with E-state index < -0.39 is 33.1 Å². The zero-order valence-corrected chi connectivity index (χ0v) is 17.8. The van der Waals surface area contributed by atoms with Gasteiger partial charge in [0.1, 0.15) is 12.2 Å². The number of amides is 1. The average Bonchev–Trinajstić information content (AvgIpc) is 2.78. The number of benzene rings is 3. The highest BCUT2D eigenvalue weighted by molar-refractivity contribution is 7.92. The van der Waals surface area contributed by atoms with Crippen molar-refractivity contribution in [1.29, 1.82) is 0 Å². The van der Waals surface area contributed by atoms with Crippen molar-refractivity contribution in [3.8, 4) is 0 Å². The lowest BCUT2D eigenvalue weighted by Crippen LogP contribution is -2.38. The number of carbonyl (C=O) groups excluding carboxylic acids is 2. The number of carbonyl (C=O) groups is 2. The molecule has 0 spiro atoms. The van der Waals surface area contributed by atoms with Gasteiger partial charge in [0.15, 0.2) is 5.78 Å². The molecule has 0 heterocycles. The van der Waals surface area contributed by atoms with Crippen molar-refractivity contribution in [3.63, 3.8) is 0 Å². The minimum absolute atomic E-state index is 0.121. The molecule has 9 nitrogen and oxygen atoms in total. The van der Waals surface area contributed by atoms with Gasteiger partial charge in [-0.3, -0.25) is 19.7 Å². The van der Waals surface area contributed by atoms with E-state index in [2.05, 4.69) is 5.32 Å². The Hall–Kier alpha value is -4.05. The van der Waals surface area contributed by atoms with E-state index in [1.807, 2.05) is 0 Å². The van der Waals surface area contributed by atoms with Gasteiger partial charge in [0.2, 0.25) is 5.91 Å².